The summed E-state index contributed by atoms with van der Waals surface area (Å²) in [7, 11) is -1.41. The summed E-state index contributed by atoms with van der Waals surface area (Å²) < 4.78 is 25.0. The van der Waals surface area contributed by atoms with E-state index in [-0.39, 0.29) is 17.3 Å². The van der Waals surface area contributed by atoms with Gasteiger partial charge in [0, 0.05) is 48.3 Å². The zero-order chi connectivity index (χ0) is 22.3. The molecule has 0 atom stereocenters. The molecule has 1 aromatic carbocycles. The molecule has 3 heterocycles. The highest BCUT2D eigenvalue weighted by atomic mass is 32.2. The average molecular weight is 455 g/mol. The van der Waals surface area contributed by atoms with Gasteiger partial charge < -0.3 is 5.32 Å². The lowest BCUT2D eigenvalue weighted by Gasteiger charge is -2.07. The number of carbonyl (C=O) groups excluding carboxylic acids is 1. The number of aryl methyl sites for hydroxylation is 3. The summed E-state index contributed by atoms with van der Waals surface area (Å²) in [4.78, 5) is 19.4. The Morgan fingerprint density at radius 2 is 1.90 bits per heavy atom. The van der Waals surface area contributed by atoms with Crippen LogP contribution >= 0.6 is 11.3 Å². The first-order valence-electron chi connectivity index (χ1n) is 9.60. The molecular formula is C22H22N4O3S2. The number of nitrogens with zero attached hydrogens (tertiary/aromatic N) is 3. The molecule has 0 aliphatic heterocycles. The molecule has 0 bridgehead atoms. The van der Waals surface area contributed by atoms with Gasteiger partial charge in [-0.25, -0.2) is 13.4 Å². The van der Waals surface area contributed by atoms with Crippen LogP contribution in [0.25, 0.3) is 21.3 Å². The largest absolute Gasteiger partial charge is 0.347 e. The lowest BCUT2D eigenvalue weighted by Crippen LogP contribution is -2.22. The van der Waals surface area contributed by atoms with Gasteiger partial charge in [-0.1, -0.05) is 12.1 Å². The van der Waals surface area contributed by atoms with Crippen molar-refractivity contribution in [2.75, 3.05) is 6.26 Å². The highest BCUT2D eigenvalue weighted by molar-refractivity contribution is 7.90. The van der Waals surface area contributed by atoms with Gasteiger partial charge in [-0.3, -0.25) is 9.48 Å². The number of nitrogens with one attached hydrogen (secondary N) is 1. The summed E-state index contributed by atoms with van der Waals surface area (Å²) in [5.74, 6) is -0.203. The number of carbonyl (C=O) groups is 1. The molecular weight excluding hydrogens is 432 g/mol. The van der Waals surface area contributed by atoms with Crippen molar-refractivity contribution in [2.24, 2.45) is 7.05 Å². The molecule has 3 aromatic heterocycles. The highest BCUT2D eigenvalue weighted by Crippen LogP contribution is 2.39. The van der Waals surface area contributed by atoms with E-state index in [2.05, 4.69) is 15.4 Å². The topological polar surface area (TPSA) is 94.0 Å². The predicted octanol–water partition coefficient (Wildman–Crippen LogP) is 3.65. The van der Waals surface area contributed by atoms with Crippen molar-refractivity contribution in [2.45, 2.75) is 25.3 Å². The van der Waals surface area contributed by atoms with Crippen molar-refractivity contribution in [1.29, 1.82) is 0 Å². The lowest BCUT2D eigenvalue weighted by atomic mass is 10.0. The first kappa shape index (κ1) is 21.2. The van der Waals surface area contributed by atoms with Crippen LogP contribution in [0.5, 0.6) is 0 Å². The molecule has 4 aromatic rings. The number of amides is 1. The van der Waals surface area contributed by atoms with E-state index in [4.69, 9.17) is 0 Å². The first-order chi connectivity index (χ1) is 14.6. The van der Waals surface area contributed by atoms with Crippen molar-refractivity contribution in [3.63, 3.8) is 0 Å². The molecule has 0 saturated carbocycles. The van der Waals surface area contributed by atoms with Crippen molar-refractivity contribution < 1.29 is 13.2 Å². The molecule has 9 heteroatoms. The number of fused-ring (bicyclic) bond motifs is 1. The number of rotatable bonds is 5. The third kappa shape index (κ3) is 4.24. The Morgan fingerprint density at radius 1 is 1.19 bits per heavy atom. The van der Waals surface area contributed by atoms with Crippen LogP contribution in [0.1, 0.15) is 26.5 Å². The van der Waals surface area contributed by atoms with Crippen LogP contribution < -0.4 is 5.32 Å². The van der Waals surface area contributed by atoms with Crippen LogP contribution in [-0.2, 0) is 23.4 Å². The van der Waals surface area contributed by atoms with Crippen molar-refractivity contribution in [3.05, 3.63) is 64.4 Å². The molecule has 1 N–H and O–H groups in total. The summed E-state index contributed by atoms with van der Waals surface area (Å²) in [6.45, 7) is 4.25. The molecule has 0 unspecified atom stereocenters. The summed E-state index contributed by atoms with van der Waals surface area (Å²) in [5.41, 5.74) is 4.48. The number of benzene rings is 1. The molecule has 0 saturated heterocycles. The number of sulfone groups is 1. The molecule has 31 heavy (non-hydrogen) atoms. The van der Waals surface area contributed by atoms with Crippen LogP contribution in [0.4, 0.5) is 0 Å². The Bertz CT molecular complexity index is 1400. The molecule has 0 aliphatic rings. The maximum Gasteiger partial charge on any atom is 0.262 e. The van der Waals surface area contributed by atoms with Gasteiger partial charge in [-0.2, -0.15) is 5.10 Å². The summed E-state index contributed by atoms with van der Waals surface area (Å²) >= 11 is 1.37. The van der Waals surface area contributed by atoms with Crippen LogP contribution in [0.15, 0.2) is 47.6 Å². The SMILES string of the molecule is Cc1cc(C)c2c(-c3cnn(C)c3)c(C(=O)NCc3ccc(S(C)(=O)=O)cc3)sc2n1. The quantitative estimate of drug-likeness (QED) is 0.497. The fourth-order valence-electron chi connectivity index (χ4n) is 3.54. The minimum atomic E-state index is -3.25. The molecule has 160 valence electrons. The summed E-state index contributed by atoms with van der Waals surface area (Å²) in [6.07, 6.45) is 4.81. The van der Waals surface area contributed by atoms with Crippen LogP contribution in [-0.4, -0.2) is 35.3 Å². The Hall–Kier alpha value is -3.04. The minimum absolute atomic E-state index is 0.203. The Labute approximate surface area is 184 Å². The Balaban J connectivity index is 1.68. The van der Waals surface area contributed by atoms with Gasteiger partial charge in [0.05, 0.1) is 11.1 Å². The zero-order valence-electron chi connectivity index (χ0n) is 17.6. The van der Waals surface area contributed by atoms with Gasteiger partial charge in [0.2, 0.25) is 0 Å². The molecule has 0 radical (unpaired) electrons. The first-order valence-corrected chi connectivity index (χ1v) is 12.3. The van der Waals surface area contributed by atoms with Crippen LogP contribution in [0.2, 0.25) is 0 Å². The van der Waals surface area contributed by atoms with E-state index in [0.717, 1.165) is 38.2 Å². The number of hydrogen-bond acceptors (Lipinski definition) is 6. The molecule has 0 aliphatic carbocycles. The highest BCUT2D eigenvalue weighted by Gasteiger charge is 2.23. The zero-order valence-corrected chi connectivity index (χ0v) is 19.3. The molecule has 0 spiro atoms. The number of pyridine rings is 1. The molecule has 1 amide bonds. The molecule has 7 nitrogen and oxygen atoms in total. The third-order valence-electron chi connectivity index (χ3n) is 4.99. The van der Waals surface area contributed by atoms with Gasteiger partial charge in [0.25, 0.3) is 5.91 Å². The van der Waals surface area contributed by atoms with Crippen LogP contribution in [0.3, 0.4) is 0 Å². The van der Waals surface area contributed by atoms with E-state index in [0.29, 0.717) is 4.88 Å². The summed E-state index contributed by atoms with van der Waals surface area (Å²) in [6, 6.07) is 8.53. The standard InChI is InChI=1S/C22H22N4O3S2/c1-13-9-14(2)25-22-18(13)19(16-11-24-26(3)12-16)20(30-22)21(27)23-10-15-5-7-17(8-6-15)31(4,28)29/h5-9,11-12H,10H2,1-4H3,(H,23,27). The van der Waals surface area contributed by atoms with Crippen molar-refractivity contribution in [1.82, 2.24) is 20.1 Å². The van der Waals surface area contributed by atoms with E-state index in [1.807, 2.05) is 33.2 Å². The fraction of sp³-hybridized carbons (Fsp3) is 0.227. The van der Waals surface area contributed by atoms with E-state index in [1.54, 1.807) is 35.1 Å². The van der Waals surface area contributed by atoms with E-state index in [9.17, 15) is 13.2 Å². The monoisotopic (exact) mass is 454 g/mol. The Morgan fingerprint density at radius 3 is 2.52 bits per heavy atom. The second-order valence-corrected chi connectivity index (χ2v) is 10.6. The number of hydrogen-bond donors (Lipinski definition) is 1. The van der Waals surface area contributed by atoms with E-state index < -0.39 is 9.84 Å². The summed E-state index contributed by atoms with van der Waals surface area (Å²) in [5, 5.41) is 8.19. The van der Waals surface area contributed by atoms with Gasteiger partial charge in [0.15, 0.2) is 9.84 Å². The van der Waals surface area contributed by atoms with Crippen molar-refractivity contribution >= 4 is 37.3 Å². The molecule has 4 rings (SSSR count). The second-order valence-electron chi connectivity index (χ2n) is 7.57. The van der Waals surface area contributed by atoms with E-state index >= 15 is 0 Å². The van der Waals surface area contributed by atoms with Crippen molar-refractivity contribution in [3.8, 4) is 11.1 Å². The van der Waals surface area contributed by atoms with Crippen LogP contribution in [0, 0.1) is 13.8 Å². The van der Waals surface area contributed by atoms with E-state index in [1.165, 1.54) is 17.6 Å². The maximum absolute atomic E-state index is 13.2. The normalized spacial score (nSPS) is 11.7. The number of aromatic nitrogens is 3. The number of thiophene rings is 1. The smallest absolute Gasteiger partial charge is 0.262 e. The Kier molecular flexibility index (Phi) is 5.40. The second kappa shape index (κ2) is 7.90. The minimum Gasteiger partial charge on any atom is -0.347 e. The maximum atomic E-state index is 13.2. The van der Waals surface area contributed by atoms with Gasteiger partial charge in [0.1, 0.15) is 9.71 Å². The lowest BCUT2D eigenvalue weighted by molar-refractivity contribution is 0.0955. The van der Waals surface area contributed by atoms with Gasteiger partial charge >= 0.3 is 0 Å². The fourth-order valence-corrected chi connectivity index (χ4v) is 5.41. The average Bonchev–Trinajstić information content (AvgIpc) is 3.29. The third-order valence-corrected chi connectivity index (χ3v) is 7.20. The predicted molar refractivity (Wildman–Crippen MR) is 122 cm³/mol. The van der Waals surface area contributed by atoms with Gasteiger partial charge in [-0.15, -0.1) is 11.3 Å². The molecule has 0 fully saturated rings. The van der Waals surface area contributed by atoms with Gasteiger partial charge in [-0.05, 0) is 43.2 Å².